The van der Waals surface area contributed by atoms with Crippen LogP contribution in [0.5, 0.6) is 0 Å². The van der Waals surface area contributed by atoms with Gasteiger partial charge in [0.25, 0.3) is 0 Å². The molecule has 0 amide bonds. The summed E-state index contributed by atoms with van der Waals surface area (Å²) in [5.74, 6) is -0.982. The lowest BCUT2D eigenvalue weighted by Crippen LogP contribution is -2.45. The molecular weight excluding hydrogens is 509 g/mol. The Morgan fingerprint density at radius 3 is 2.56 bits per heavy atom. The zero-order valence-electron chi connectivity index (χ0n) is 21.6. The van der Waals surface area contributed by atoms with Crippen LogP contribution in [0.15, 0.2) is 48.9 Å². The number of nitrogens with one attached hydrogen (secondary N) is 1. The molecule has 39 heavy (non-hydrogen) atoms. The number of imidazole rings is 1. The number of benzene rings is 1. The summed E-state index contributed by atoms with van der Waals surface area (Å²) in [5, 5.41) is 7.78. The molecule has 4 heterocycles. The van der Waals surface area contributed by atoms with Crippen molar-refractivity contribution in [3.63, 3.8) is 0 Å². The molecule has 2 aliphatic rings. The predicted molar refractivity (Wildman–Crippen MR) is 139 cm³/mol. The summed E-state index contributed by atoms with van der Waals surface area (Å²) in [7, 11) is 1.69. The number of methoxy groups -OCH3 is 1. The molecule has 3 N–H and O–H groups in total. The molecule has 0 radical (unpaired) electrons. The minimum Gasteiger partial charge on any atom is -0.380 e. The number of nitrogens with two attached hydrogens (primary N) is 1. The third-order valence-electron chi connectivity index (χ3n) is 7.87. The lowest BCUT2D eigenvalue weighted by atomic mass is 9.74. The van der Waals surface area contributed by atoms with E-state index in [4.69, 9.17) is 15.2 Å². The molecule has 0 bridgehead atoms. The lowest BCUT2D eigenvalue weighted by Gasteiger charge is -2.38. The number of anilines is 2. The number of pyridine rings is 1. The maximum atomic E-state index is 15.1. The number of fused-ring (bicyclic) bond motifs is 1. The molecule has 4 aromatic rings. The van der Waals surface area contributed by atoms with E-state index < -0.39 is 17.3 Å². The predicted octanol–water partition coefficient (Wildman–Crippen LogP) is 4.86. The second-order valence-corrected chi connectivity index (χ2v) is 10.5. The Hall–Kier alpha value is -3.54. The van der Waals surface area contributed by atoms with E-state index in [1.807, 2.05) is 6.07 Å². The molecule has 204 valence electrons. The molecule has 11 heteroatoms. The minimum atomic E-state index is -1.88. The average Bonchev–Trinajstić information content (AvgIpc) is 3.29. The maximum Gasteiger partial charge on any atom is 0.229 e. The smallest absolute Gasteiger partial charge is 0.229 e. The van der Waals surface area contributed by atoms with Gasteiger partial charge in [-0.1, -0.05) is 6.92 Å². The zero-order chi connectivity index (χ0) is 27.3. The summed E-state index contributed by atoms with van der Waals surface area (Å²) in [6.07, 6.45) is 6.73. The van der Waals surface area contributed by atoms with Crippen molar-refractivity contribution in [3.8, 4) is 11.3 Å². The molecular formula is C28H29F3N6O2. The van der Waals surface area contributed by atoms with Crippen LogP contribution in [0, 0.1) is 17.6 Å². The van der Waals surface area contributed by atoms with Crippen molar-refractivity contribution in [2.24, 2.45) is 11.7 Å². The standard InChI is InChI=1S/C28H29F3N6O2/c1-15-7-16(8-22(32)26(15)38-2)19-5-6-33-12-24(19)35-27-34-11-18-3-4-23(36-37(18)27)25-20(29)9-17(10-21(25)30)28(31)13-39-14-28/h3-6,9-12,15-16,22,26H,7-8,13-14,32H2,1-2H3,(H,34,35)/t15-,16+,22+,26+/m0/s1. The minimum absolute atomic E-state index is 0.00528. The molecule has 1 aliphatic heterocycles. The zero-order valence-corrected chi connectivity index (χ0v) is 21.6. The first-order valence-electron chi connectivity index (χ1n) is 12.9. The number of ether oxygens (including phenoxy) is 2. The first-order valence-corrected chi connectivity index (χ1v) is 12.9. The van der Waals surface area contributed by atoms with Crippen molar-refractivity contribution < 1.29 is 22.6 Å². The van der Waals surface area contributed by atoms with Crippen LogP contribution in [0.1, 0.15) is 36.8 Å². The van der Waals surface area contributed by atoms with E-state index in [0.717, 1.165) is 36.2 Å². The van der Waals surface area contributed by atoms with Gasteiger partial charge in [0.2, 0.25) is 5.95 Å². The van der Waals surface area contributed by atoms with Crippen LogP contribution in [0.4, 0.5) is 24.8 Å². The third kappa shape index (κ3) is 4.54. The quantitative estimate of drug-likeness (QED) is 0.362. The summed E-state index contributed by atoms with van der Waals surface area (Å²) < 4.78 is 56.8. The second kappa shape index (κ2) is 9.89. The molecule has 4 atom stereocenters. The van der Waals surface area contributed by atoms with Crippen molar-refractivity contribution in [2.45, 2.75) is 43.5 Å². The molecule has 1 saturated carbocycles. The highest BCUT2D eigenvalue weighted by Crippen LogP contribution is 2.40. The van der Waals surface area contributed by atoms with Gasteiger partial charge in [0.15, 0.2) is 5.67 Å². The topological polar surface area (TPSA) is 99.6 Å². The van der Waals surface area contributed by atoms with E-state index in [2.05, 4.69) is 27.3 Å². The van der Waals surface area contributed by atoms with E-state index >= 15 is 8.78 Å². The van der Waals surface area contributed by atoms with Gasteiger partial charge >= 0.3 is 0 Å². The molecule has 2 fully saturated rings. The Morgan fingerprint density at radius 2 is 1.90 bits per heavy atom. The van der Waals surface area contributed by atoms with Gasteiger partial charge in [-0.3, -0.25) is 4.98 Å². The second-order valence-electron chi connectivity index (χ2n) is 10.5. The van der Waals surface area contributed by atoms with Gasteiger partial charge in [-0.2, -0.15) is 9.61 Å². The van der Waals surface area contributed by atoms with Crippen molar-refractivity contribution >= 4 is 17.2 Å². The fourth-order valence-electron chi connectivity index (χ4n) is 5.84. The Morgan fingerprint density at radius 1 is 1.13 bits per heavy atom. The summed E-state index contributed by atoms with van der Waals surface area (Å²) in [6, 6.07) is 7.05. The van der Waals surface area contributed by atoms with Crippen LogP contribution >= 0.6 is 0 Å². The molecule has 0 spiro atoms. The highest BCUT2D eigenvalue weighted by atomic mass is 19.1. The van der Waals surface area contributed by atoms with Crippen molar-refractivity contribution in [1.29, 1.82) is 0 Å². The largest absolute Gasteiger partial charge is 0.380 e. The van der Waals surface area contributed by atoms with Gasteiger partial charge in [0.05, 0.1) is 54.2 Å². The van der Waals surface area contributed by atoms with Crippen molar-refractivity contribution in [1.82, 2.24) is 19.6 Å². The first kappa shape index (κ1) is 25.7. The molecule has 8 nitrogen and oxygen atoms in total. The Kier molecular flexibility index (Phi) is 6.52. The van der Waals surface area contributed by atoms with Crippen LogP contribution in [-0.4, -0.2) is 52.1 Å². The summed E-state index contributed by atoms with van der Waals surface area (Å²) in [5.41, 5.74) is 6.58. The first-order chi connectivity index (χ1) is 18.8. The van der Waals surface area contributed by atoms with Crippen LogP contribution in [0.3, 0.4) is 0 Å². The van der Waals surface area contributed by atoms with Gasteiger partial charge in [-0.25, -0.2) is 18.2 Å². The van der Waals surface area contributed by atoms with Crippen LogP contribution in [-0.2, 0) is 15.1 Å². The van der Waals surface area contributed by atoms with E-state index in [1.54, 1.807) is 31.8 Å². The fourth-order valence-corrected chi connectivity index (χ4v) is 5.84. The highest BCUT2D eigenvalue weighted by Gasteiger charge is 2.42. The van der Waals surface area contributed by atoms with E-state index in [-0.39, 0.29) is 54.0 Å². The fraction of sp³-hybridized carbons (Fsp3) is 0.393. The number of nitrogens with zero attached hydrogens (tertiary/aromatic N) is 4. The lowest BCUT2D eigenvalue weighted by molar-refractivity contribution is -0.135. The Balaban J connectivity index is 1.32. The van der Waals surface area contributed by atoms with Gasteiger partial charge in [0.1, 0.15) is 11.6 Å². The molecule has 1 aliphatic carbocycles. The number of hydrogen-bond donors (Lipinski definition) is 2. The van der Waals surface area contributed by atoms with E-state index in [1.165, 1.54) is 10.6 Å². The van der Waals surface area contributed by atoms with Gasteiger partial charge < -0.3 is 20.5 Å². The number of alkyl halides is 1. The number of rotatable bonds is 6. The molecule has 6 rings (SSSR count). The normalized spacial score (nSPS) is 24.5. The van der Waals surface area contributed by atoms with Gasteiger partial charge in [-0.05, 0) is 66.1 Å². The van der Waals surface area contributed by atoms with Gasteiger partial charge in [-0.15, -0.1) is 0 Å². The molecule has 1 aromatic carbocycles. The van der Waals surface area contributed by atoms with Crippen LogP contribution < -0.4 is 11.1 Å². The summed E-state index contributed by atoms with van der Waals surface area (Å²) in [4.78, 5) is 8.73. The highest BCUT2D eigenvalue weighted by molar-refractivity contribution is 5.66. The Bertz CT molecular complexity index is 1490. The average molecular weight is 539 g/mol. The van der Waals surface area contributed by atoms with E-state index in [9.17, 15) is 4.39 Å². The summed E-state index contributed by atoms with van der Waals surface area (Å²) >= 11 is 0. The molecule has 1 saturated heterocycles. The maximum absolute atomic E-state index is 15.1. The SMILES string of the molecule is CO[C@H]1[C@H](N)C[C@H](c2ccncc2Nc2ncc3ccc(-c4c(F)cc(C5(F)COC5)cc4F)nn23)C[C@@H]1C. The molecule has 0 unspecified atom stereocenters. The van der Waals surface area contributed by atoms with Crippen LogP contribution in [0.25, 0.3) is 16.8 Å². The third-order valence-corrected chi connectivity index (χ3v) is 7.87. The van der Waals surface area contributed by atoms with Crippen molar-refractivity contribution in [2.75, 3.05) is 25.6 Å². The van der Waals surface area contributed by atoms with E-state index in [0.29, 0.717) is 11.5 Å². The Labute approximate surface area is 223 Å². The number of aromatic nitrogens is 4. The molecule has 3 aromatic heterocycles. The van der Waals surface area contributed by atoms with Gasteiger partial charge in [0, 0.05) is 19.3 Å². The van der Waals surface area contributed by atoms with Crippen molar-refractivity contribution in [3.05, 3.63) is 71.7 Å². The summed E-state index contributed by atoms with van der Waals surface area (Å²) in [6.45, 7) is 1.68. The number of halogens is 3. The number of hydrogen-bond acceptors (Lipinski definition) is 7. The van der Waals surface area contributed by atoms with Crippen LogP contribution in [0.2, 0.25) is 0 Å². The monoisotopic (exact) mass is 538 g/mol.